The van der Waals surface area contributed by atoms with E-state index in [1.807, 2.05) is 0 Å². The molecule has 4 heteroatoms. The topological polar surface area (TPSA) is 63.6 Å². The molecule has 0 aromatic rings. The number of ether oxygens (including phenoxy) is 1. The molecule has 0 aromatic carbocycles. The minimum Gasteiger partial charge on any atom is -0.481 e. The molecule has 5 rings (SSSR count). The molecule has 204 valence electrons. The average Bonchev–Trinajstić information content (AvgIpc) is 3.18. The van der Waals surface area contributed by atoms with Crippen LogP contribution in [0.4, 0.5) is 0 Å². The van der Waals surface area contributed by atoms with Crippen LogP contribution in [0.25, 0.3) is 0 Å². The smallest absolute Gasteiger partial charge is 0.309 e. The molecule has 9 unspecified atom stereocenters. The zero-order valence-electron chi connectivity index (χ0n) is 24.1. The van der Waals surface area contributed by atoms with Crippen LogP contribution in [0.3, 0.4) is 0 Å². The van der Waals surface area contributed by atoms with E-state index in [0.717, 1.165) is 30.6 Å². The van der Waals surface area contributed by atoms with Crippen LogP contribution in [0.2, 0.25) is 0 Å². The quantitative estimate of drug-likeness (QED) is 0.399. The minimum atomic E-state index is -1.08. The molecular formula is C32H52O4. The van der Waals surface area contributed by atoms with E-state index in [4.69, 9.17) is 4.74 Å². The summed E-state index contributed by atoms with van der Waals surface area (Å²) >= 11 is 0. The molecular weight excluding hydrogens is 448 g/mol. The van der Waals surface area contributed by atoms with Gasteiger partial charge in [0.15, 0.2) is 0 Å². The second kappa shape index (κ2) is 8.47. The molecule has 5 saturated carbocycles. The molecule has 5 aliphatic carbocycles. The molecule has 36 heavy (non-hydrogen) atoms. The van der Waals surface area contributed by atoms with Crippen molar-refractivity contribution in [3.05, 3.63) is 0 Å². The number of fused-ring (bicyclic) bond motifs is 7. The number of rotatable bonds is 4. The highest BCUT2D eigenvalue weighted by Gasteiger charge is 2.68. The molecule has 0 amide bonds. The predicted molar refractivity (Wildman–Crippen MR) is 142 cm³/mol. The lowest BCUT2D eigenvalue weighted by atomic mass is 9.33. The predicted octanol–water partition coefficient (Wildman–Crippen LogP) is 7.88. The standard InChI is InChI=1S/C32H52O4/c1-20-21-12-16-32(7)25(11-10-23-22-9-8-14-29(22,4)17-18-31(23,32)6)30(21,5)15-13-24(20)36-26(33)19-28(2,3)27(34)35/h20-25H,8-19H2,1-7H3,(H,34,35)/t20?,21?,22?,23?,24?,25?,29?,30?,31-,32?/m1/s1. The van der Waals surface area contributed by atoms with Gasteiger partial charge in [0, 0.05) is 0 Å². The van der Waals surface area contributed by atoms with Crippen LogP contribution >= 0.6 is 0 Å². The number of carboxylic acid groups (broad SMARTS) is 1. The first-order valence-corrected chi connectivity index (χ1v) is 15.1. The van der Waals surface area contributed by atoms with Crippen molar-refractivity contribution in [3.63, 3.8) is 0 Å². The monoisotopic (exact) mass is 500 g/mol. The maximum Gasteiger partial charge on any atom is 0.309 e. The van der Waals surface area contributed by atoms with Gasteiger partial charge in [-0.1, -0.05) is 41.0 Å². The molecule has 5 fully saturated rings. The average molecular weight is 501 g/mol. The summed E-state index contributed by atoms with van der Waals surface area (Å²) < 4.78 is 6.01. The number of carbonyl (C=O) groups is 2. The highest BCUT2D eigenvalue weighted by molar-refractivity contribution is 5.81. The molecule has 0 spiro atoms. The molecule has 0 saturated heterocycles. The third kappa shape index (κ3) is 3.65. The van der Waals surface area contributed by atoms with E-state index in [0.29, 0.717) is 33.5 Å². The summed E-state index contributed by atoms with van der Waals surface area (Å²) in [6, 6.07) is 0. The molecule has 0 bridgehead atoms. The Morgan fingerprint density at radius 1 is 0.833 bits per heavy atom. The van der Waals surface area contributed by atoms with Gasteiger partial charge in [-0.15, -0.1) is 0 Å². The SMILES string of the molecule is CC1C(OC(=O)CC(C)(C)C(=O)O)CCC2(C)C1CCC1(C)C2CCC2C3CCCC3(C)CC[C@]21C. The van der Waals surface area contributed by atoms with E-state index >= 15 is 0 Å². The molecule has 4 nitrogen and oxygen atoms in total. The zero-order valence-corrected chi connectivity index (χ0v) is 24.1. The Morgan fingerprint density at radius 3 is 2.25 bits per heavy atom. The summed E-state index contributed by atoms with van der Waals surface area (Å²) in [6.45, 7) is 16.1. The van der Waals surface area contributed by atoms with Gasteiger partial charge in [-0.3, -0.25) is 9.59 Å². The maximum atomic E-state index is 12.7. The molecule has 0 heterocycles. The summed E-state index contributed by atoms with van der Waals surface area (Å²) in [6.07, 6.45) is 14.4. The molecule has 5 aliphatic rings. The third-order valence-electron chi connectivity index (χ3n) is 13.8. The fourth-order valence-corrected chi connectivity index (χ4v) is 11.3. The number of hydrogen-bond donors (Lipinski definition) is 1. The summed E-state index contributed by atoms with van der Waals surface area (Å²) in [5, 5.41) is 9.43. The van der Waals surface area contributed by atoms with Crippen molar-refractivity contribution in [2.75, 3.05) is 0 Å². The maximum absolute atomic E-state index is 12.7. The number of carboxylic acids is 1. The van der Waals surface area contributed by atoms with Crippen molar-refractivity contribution in [3.8, 4) is 0 Å². The lowest BCUT2D eigenvalue weighted by Crippen LogP contribution is -2.65. The van der Waals surface area contributed by atoms with Crippen molar-refractivity contribution < 1.29 is 19.4 Å². The number of esters is 1. The van der Waals surface area contributed by atoms with Crippen LogP contribution in [0, 0.1) is 56.7 Å². The van der Waals surface area contributed by atoms with Gasteiger partial charge < -0.3 is 9.84 Å². The summed E-state index contributed by atoms with van der Waals surface area (Å²) in [5.41, 5.74) is 0.674. The van der Waals surface area contributed by atoms with Gasteiger partial charge in [0.1, 0.15) is 6.10 Å². The Hall–Kier alpha value is -1.06. The zero-order chi connectivity index (χ0) is 26.3. The minimum absolute atomic E-state index is 0.0615. The van der Waals surface area contributed by atoms with E-state index < -0.39 is 11.4 Å². The number of carbonyl (C=O) groups excluding carboxylic acids is 1. The van der Waals surface area contributed by atoms with E-state index in [1.54, 1.807) is 13.8 Å². The summed E-state index contributed by atoms with van der Waals surface area (Å²) in [5.74, 6) is 2.20. The van der Waals surface area contributed by atoms with Crippen LogP contribution in [0.1, 0.15) is 126 Å². The molecule has 10 atom stereocenters. The van der Waals surface area contributed by atoms with E-state index in [-0.39, 0.29) is 18.5 Å². The van der Waals surface area contributed by atoms with Crippen molar-refractivity contribution in [2.45, 2.75) is 132 Å². The first-order chi connectivity index (χ1) is 16.7. The van der Waals surface area contributed by atoms with Crippen molar-refractivity contribution in [2.24, 2.45) is 56.7 Å². The highest BCUT2D eigenvalue weighted by Crippen LogP contribution is 2.75. The Labute approximate surface area is 219 Å². The van der Waals surface area contributed by atoms with Gasteiger partial charge >= 0.3 is 11.9 Å². The Kier molecular flexibility index (Phi) is 6.24. The lowest BCUT2D eigenvalue weighted by molar-refractivity contribution is -0.234. The third-order valence-corrected chi connectivity index (χ3v) is 13.8. The number of aliphatic carboxylic acids is 1. The second-order valence-corrected chi connectivity index (χ2v) is 15.7. The molecule has 0 aromatic heterocycles. The normalized spacial score (nSPS) is 50.3. The first kappa shape index (κ1) is 26.5. The Bertz CT molecular complexity index is 910. The van der Waals surface area contributed by atoms with Gasteiger partial charge in [0.05, 0.1) is 11.8 Å². The summed E-state index contributed by atoms with van der Waals surface area (Å²) in [7, 11) is 0. The van der Waals surface area contributed by atoms with Gasteiger partial charge in [-0.25, -0.2) is 0 Å². The van der Waals surface area contributed by atoms with E-state index in [2.05, 4.69) is 34.6 Å². The van der Waals surface area contributed by atoms with Gasteiger partial charge in [-0.2, -0.15) is 0 Å². The van der Waals surface area contributed by atoms with Gasteiger partial charge in [0.25, 0.3) is 0 Å². The molecule has 0 aliphatic heterocycles. The molecule has 1 N–H and O–H groups in total. The fraction of sp³-hybridized carbons (Fsp3) is 0.938. The molecule has 0 radical (unpaired) electrons. The van der Waals surface area contributed by atoms with Crippen molar-refractivity contribution >= 4 is 11.9 Å². The van der Waals surface area contributed by atoms with Gasteiger partial charge in [-0.05, 0) is 129 Å². The lowest BCUT2D eigenvalue weighted by Gasteiger charge is -2.71. The van der Waals surface area contributed by atoms with Crippen molar-refractivity contribution in [1.29, 1.82) is 0 Å². The summed E-state index contributed by atoms with van der Waals surface area (Å²) in [4.78, 5) is 24.2. The van der Waals surface area contributed by atoms with Crippen LogP contribution in [-0.4, -0.2) is 23.1 Å². The van der Waals surface area contributed by atoms with E-state index in [1.165, 1.54) is 57.8 Å². The highest BCUT2D eigenvalue weighted by atomic mass is 16.5. The van der Waals surface area contributed by atoms with Gasteiger partial charge in [0.2, 0.25) is 0 Å². The van der Waals surface area contributed by atoms with Crippen LogP contribution in [0.15, 0.2) is 0 Å². The second-order valence-electron chi connectivity index (χ2n) is 15.7. The Balaban J connectivity index is 1.34. The van der Waals surface area contributed by atoms with Crippen LogP contribution in [0.5, 0.6) is 0 Å². The number of hydrogen-bond acceptors (Lipinski definition) is 3. The van der Waals surface area contributed by atoms with Crippen LogP contribution < -0.4 is 0 Å². The Morgan fingerprint density at radius 2 is 1.56 bits per heavy atom. The fourth-order valence-electron chi connectivity index (χ4n) is 11.3. The van der Waals surface area contributed by atoms with E-state index in [9.17, 15) is 14.7 Å². The van der Waals surface area contributed by atoms with Crippen molar-refractivity contribution in [1.82, 2.24) is 0 Å². The first-order valence-electron chi connectivity index (χ1n) is 15.1. The largest absolute Gasteiger partial charge is 0.481 e. The van der Waals surface area contributed by atoms with Crippen LogP contribution in [-0.2, 0) is 14.3 Å².